The van der Waals surface area contributed by atoms with Crippen molar-refractivity contribution in [2.45, 2.75) is 52.4 Å². The van der Waals surface area contributed by atoms with E-state index < -0.39 is 0 Å². The van der Waals surface area contributed by atoms with Gasteiger partial charge >= 0.3 is 0 Å². The highest BCUT2D eigenvalue weighted by Crippen LogP contribution is 2.63. The summed E-state index contributed by atoms with van der Waals surface area (Å²) in [5, 5.41) is 4.19. The van der Waals surface area contributed by atoms with Crippen molar-refractivity contribution in [2.24, 2.45) is 5.41 Å². The summed E-state index contributed by atoms with van der Waals surface area (Å²) in [7, 11) is 0. The number of para-hydroxylation sites is 3. The van der Waals surface area contributed by atoms with Crippen molar-refractivity contribution in [3.05, 3.63) is 163 Å². The minimum absolute atomic E-state index is 0.0340. The van der Waals surface area contributed by atoms with Crippen LogP contribution in [0.3, 0.4) is 0 Å². The molecule has 0 N–H and O–H groups in total. The third-order valence-corrected chi connectivity index (χ3v) is 14.1. The zero-order valence-corrected chi connectivity index (χ0v) is 34.1. The molecule has 0 spiro atoms. The lowest BCUT2D eigenvalue weighted by Crippen LogP contribution is -2.42. The Hall–Kier alpha value is -6.85. The first-order chi connectivity index (χ1) is 28.5. The summed E-state index contributed by atoms with van der Waals surface area (Å²) >= 11 is 0. The second-order valence-electron chi connectivity index (χ2n) is 17.6. The first kappa shape index (κ1) is 35.3. The summed E-state index contributed by atoms with van der Waals surface area (Å²) in [6, 6.07) is 52.7. The quantitative estimate of drug-likeness (QED) is 0.175. The third-order valence-electron chi connectivity index (χ3n) is 14.1. The van der Waals surface area contributed by atoms with Crippen LogP contribution in [-0.2, 0) is 10.8 Å². The molecule has 0 aliphatic heterocycles. The average Bonchev–Trinajstić information content (AvgIpc) is 3.88. The van der Waals surface area contributed by atoms with Crippen LogP contribution in [0.5, 0.6) is 0 Å². The van der Waals surface area contributed by atoms with Gasteiger partial charge in [0.2, 0.25) is 0 Å². The molecule has 286 valence electrons. The number of nitrogens with zero attached hydrogens (tertiary/aromatic N) is 3. The van der Waals surface area contributed by atoms with Crippen LogP contribution in [0.2, 0.25) is 0 Å². The Morgan fingerprint density at radius 3 is 1.44 bits per heavy atom. The van der Waals surface area contributed by atoms with Crippen LogP contribution in [0.15, 0.2) is 160 Å². The summed E-state index contributed by atoms with van der Waals surface area (Å²) in [4.78, 5) is 15.4. The van der Waals surface area contributed by atoms with E-state index in [4.69, 9.17) is 23.8 Å². The van der Waals surface area contributed by atoms with Crippen molar-refractivity contribution in [2.75, 3.05) is 0 Å². The summed E-state index contributed by atoms with van der Waals surface area (Å²) in [5.74, 6) is 1.82. The smallest absolute Gasteiger partial charge is 0.164 e. The molecule has 5 nitrogen and oxygen atoms in total. The van der Waals surface area contributed by atoms with Gasteiger partial charge in [-0.25, -0.2) is 15.0 Å². The molecule has 0 atom stereocenters. The highest BCUT2D eigenvalue weighted by Gasteiger charge is 2.57. The zero-order valence-electron chi connectivity index (χ0n) is 34.1. The van der Waals surface area contributed by atoms with Gasteiger partial charge in [-0.15, -0.1) is 0 Å². The third kappa shape index (κ3) is 5.07. The number of aromatic nitrogens is 3. The molecule has 10 aromatic rings. The molecule has 0 radical (unpaired) electrons. The van der Waals surface area contributed by atoms with E-state index >= 15 is 0 Å². The lowest BCUT2D eigenvalue weighted by Gasteiger charge is -2.44. The monoisotopic (exact) mass is 765 g/mol. The van der Waals surface area contributed by atoms with E-state index in [2.05, 4.69) is 114 Å². The van der Waals surface area contributed by atoms with Gasteiger partial charge in [0.1, 0.15) is 22.3 Å². The molecule has 1 aliphatic carbocycles. The van der Waals surface area contributed by atoms with E-state index in [9.17, 15) is 0 Å². The Morgan fingerprint density at radius 2 is 0.831 bits per heavy atom. The normalized spacial score (nSPS) is 15.4. The maximum Gasteiger partial charge on any atom is 0.164 e. The minimum atomic E-state index is -0.121. The van der Waals surface area contributed by atoms with Crippen molar-refractivity contribution in [1.29, 1.82) is 0 Å². The summed E-state index contributed by atoms with van der Waals surface area (Å²) in [6.07, 6.45) is 0. The van der Waals surface area contributed by atoms with E-state index in [0.717, 1.165) is 82.8 Å². The molecule has 7 aromatic carbocycles. The first-order valence-corrected chi connectivity index (χ1v) is 20.4. The highest BCUT2D eigenvalue weighted by molar-refractivity contribution is 6.17. The van der Waals surface area contributed by atoms with Crippen LogP contribution in [0.25, 0.3) is 100 Å². The Kier molecular flexibility index (Phi) is 7.53. The predicted molar refractivity (Wildman–Crippen MR) is 241 cm³/mol. The standard InChI is InChI=1S/C54H43N3O2/c1-52(2)42-30-40(36-25-17-24-35-34-22-13-15-26-44(34)58-47(35)36)41(31-43(42)53(3,4)54(52,5)6)37-28-29-39(46-38-23-14-16-27-45(38)59-48(37)46)51-56-49(32-18-9-7-10-19-32)55-50(57-51)33-20-11-8-12-21-33/h7-31H,1-6H3. The Labute approximate surface area is 343 Å². The van der Waals surface area contributed by atoms with E-state index in [1.807, 2.05) is 78.9 Å². The Morgan fingerprint density at radius 1 is 0.373 bits per heavy atom. The lowest BCUT2D eigenvalue weighted by molar-refractivity contribution is 0.125. The molecule has 0 bridgehead atoms. The molecular formula is C54H43N3O2. The van der Waals surface area contributed by atoms with Gasteiger partial charge in [-0.3, -0.25) is 0 Å². The summed E-state index contributed by atoms with van der Waals surface area (Å²) in [6.45, 7) is 14.4. The molecule has 3 aromatic heterocycles. The van der Waals surface area contributed by atoms with Gasteiger partial charge in [0, 0.05) is 49.4 Å². The fourth-order valence-corrected chi connectivity index (χ4v) is 9.65. The fourth-order valence-electron chi connectivity index (χ4n) is 9.65. The molecule has 0 saturated carbocycles. The second-order valence-corrected chi connectivity index (χ2v) is 17.6. The predicted octanol–water partition coefficient (Wildman–Crippen LogP) is 14.6. The molecule has 11 rings (SSSR count). The van der Waals surface area contributed by atoms with Gasteiger partial charge in [-0.2, -0.15) is 0 Å². The van der Waals surface area contributed by atoms with Crippen LogP contribution in [-0.4, -0.2) is 15.0 Å². The Bertz CT molecular complexity index is 3240. The molecule has 59 heavy (non-hydrogen) atoms. The molecular weight excluding hydrogens is 723 g/mol. The molecule has 0 unspecified atom stereocenters. The number of furan rings is 2. The van der Waals surface area contributed by atoms with Crippen molar-refractivity contribution in [3.8, 4) is 56.4 Å². The molecule has 0 fully saturated rings. The molecule has 1 aliphatic rings. The maximum atomic E-state index is 7.01. The number of fused-ring (bicyclic) bond motifs is 7. The number of benzene rings is 7. The first-order valence-electron chi connectivity index (χ1n) is 20.4. The van der Waals surface area contributed by atoms with E-state index in [0.29, 0.717) is 17.5 Å². The average molecular weight is 766 g/mol. The molecule has 3 heterocycles. The van der Waals surface area contributed by atoms with E-state index in [-0.39, 0.29) is 16.2 Å². The van der Waals surface area contributed by atoms with E-state index in [1.54, 1.807) is 0 Å². The zero-order chi connectivity index (χ0) is 40.3. The molecule has 5 heteroatoms. The summed E-state index contributed by atoms with van der Waals surface area (Å²) < 4.78 is 13.8. The largest absolute Gasteiger partial charge is 0.455 e. The van der Waals surface area contributed by atoms with Gasteiger partial charge in [-0.1, -0.05) is 157 Å². The SMILES string of the molecule is CC1(C)c2cc(-c3cccc4c3oc3ccccc34)c(-c3ccc(-c4nc(-c5ccccc5)nc(-c5ccccc5)n4)c4c3oc3ccccc34)cc2C(C)(C)C1(C)C. The van der Waals surface area contributed by atoms with Crippen molar-refractivity contribution >= 4 is 43.9 Å². The number of rotatable bonds is 5. The highest BCUT2D eigenvalue weighted by atomic mass is 16.3. The minimum Gasteiger partial charge on any atom is -0.455 e. The molecule has 0 amide bonds. The van der Waals surface area contributed by atoms with Crippen molar-refractivity contribution in [3.63, 3.8) is 0 Å². The van der Waals surface area contributed by atoms with Crippen LogP contribution in [0.4, 0.5) is 0 Å². The fraction of sp³-hybridized carbons (Fsp3) is 0.167. The maximum absolute atomic E-state index is 7.01. The topological polar surface area (TPSA) is 65.0 Å². The second kappa shape index (κ2) is 12.6. The van der Waals surface area contributed by atoms with Crippen molar-refractivity contribution < 1.29 is 8.83 Å². The number of hydrogen-bond acceptors (Lipinski definition) is 5. The molecule has 0 saturated heterocycles. The van der Waals surface area contributed by atoms with E-state index in [1.165, 1.54) is 11.1 Å². The van der Waals surface area contributed by atoms with Crippen LogP contribution in [0, 0.1) is 5.41 Å². The van der Waals surface area contributed by atoms with Gasteiger partial charge in [0.15, 0.2) is 17.5 Å². The van der Waals surface area contributed by atoms with Gasteiger partial charge < -0.3 is 8.83 Å². The van der Waals surface area contributed by atoms with Crippen LogP contribution in [0.1, 0.15) is 52.7 Å². The van der Waals surface area contributed by atoms with Crippen molar-refractivity contribution in [1.82, 2.24) is 15.0 Å². The van der Waals surface area contributed by atoms with Gasteiger partial charge in [0.25, 0.3) is 0 Å². The van der Waals surface area contributed by atoms with Crippen LogP contribution < -0.4 is 0 Å². The Balaban J connectivity index is 1.23. The summed E-state index contributed by atoms with van der Waals surface area (Å²) in [5.41, 5.74) is 12.8. The van der Waals surface area contributed by atoms with Gasteiger partial charge in [-0.05, 0) is 74.9 Å². The number of hydrogen-bond donors (Lipinski definition) is 0. The lowest BCUT2D eigenvalue weighted by atomic mass is 9.59. The van der Waals surface area contributed by atoms with Gasteiger partial charge in [0.05, 0.1) is 0 Å². The van der Waals surface area contributed by atoms with Crippen LogP contribution >= 0.6 is 0 Å².